The largest absolute Gasteiger partial charge is 0.378 e. The molecule has 1 aromatic rings. The van der Waals surface area contributed by atoms with Crippen LogP contribution in [0.15, 0.2) is 24.3 Å². The first-order valence-electron chi connectivity index (χ1n) is 5.29. The summed E-state index contributed by atoms with van der Waals surface area (Å²) in [6.07, 6.45) is 0. The van der Waals surface area contributed by atoms with Crippen LogP contribution in [0.5, 0.6) is 0 Å². The van der Waals surface area contributed by atoms with E-state index in [1.165, 1.54) is 11.3 Å². The van der Waals surface area contributed by atoms with Gasteiger partial charge in [-0.25, -0.2) is 0 Å². The molecule has 0 saturated carbocycles. The van der Waals surface area contributed by atoms with Crippen molar-refractivity contribution in [1.82, 2.24) is 5.43 Å². The van der Waals surface area contributed by atoms with Crippen molar-refractivity contribution in [2.45, 2.75) is 19.9 Å². The summed E-state index contributed by atoms with van der Waals surface area (Å²) >= 11 is 0. The maximum absolute atomic E-state index is 5.54. The number of benzene rings is 1. The maximum atomic E-state index is 5.54. The summed E-state index contributed by atoms with van der Waals surface area (Å²) in [6, 6.07) is 8.70. The first-order valence-corrected chi connectivity index (χ1v) is 5.29. The third-order valence-corrected chi connectivity index (χ3v) is 2.61. The molecule has 0 heterocycles. The van der Waals surface area contributed by atoms with Crippen molar-refractivity contribution >= 4 is 5.69 Å². The summed E-state index contributed by atoms with van der Waals surface area (Å²) in [5.74, 6) is 6.03. The summed E-state index contributed by atoms with van der Waals surface area (Å²) < 4.78 is 0. The van der Waals surface area contributed by atoms with Gasteiger partial charge >= 0.3 is 0 Å². The summed E-state index contributed by atoms with van der Waals surface area (Å²) in [7, 11) is 4.08. The molecule has 0 fully saturated rings. The highest BCUT2D eigenvalue weighted by Gasteiger charge is 2.13. The van der Waals surface area contributed by atoms with E-state index in [9.17, 15) is 0 Å². The number of hydrogen-bond donors (Lipinski definition) is 2. The Hall–Kier alpha value is -1.06. The van der Waals surface area contributed by atoms with Gasteiger partial charge in [0.25, 0.3) is 0 Å². The van der Waals surface area contributed by atoms with Gasteiger partial charge in [-0.05, 0) is 23.6 Å². The van der Waals surface area contributed by atoms with Gasteiger partial charge in [0.1, 0.15) is 0 Å². The van der Waals surface area contributed by atoms with Crippen LogP contribution in [0, 0.1) is 5.92 Å². The molecule has 3 heteroatoms. The molecule has 1 rings (SSSR count). The average Bonchev–Trinajstić information content (AvgIpc) is 2.19. The molecule has 0 bridgehead atoms. The average molecular weight is 207 g/mol. The van der Waals surface area contributed by atoms with E-state index in [0.717, 1.165) is 0 Å². The van der Waals surface area contributed by atoms with Crippen LogP contribution in [0.3, 0.4) is 0 Å². The van der Waals surface area contributed by atoms with Gasteiger partial charge in [0, 0.05) is 25.8 Å². The van der Waals surface area contributed by atoms with Gasteiger partial charge in [-0.15, -0.1) is 0 Å². The SMILES string of the molecule is CC(C)C(NN)c1ccc(N(C)C)cc1. The zero-order valence-corrected chi connectivity index (χ0v) is 9.99. The molecule has 0 spiro atoms. The molecule has 0 amide bonds. The van der Waals surface area contributed by atoms with Crippen molar-refractivity contribution in [2.75, 3.05) is 19.0 Å². The molecule has 0 aromatic heterocycles. The number of nitrogens with two attached hydrogens (primary N) is 1. The minimum absolute atomic E-state index is 0.223. The van der Waals surface area contributed by atoms with Gasteiger partial charge in [0.2, 0.25) is 0 Å². The molecular formula is C12H21N3. The quantitative estimate of drug-likeness (QED) is 0.585. The lowest BCUT2D eigenvalue weighted by atomic mass is 9.96. The summed E-state index contributed by atoms with van der Waals surface area (Å²) in [6.45, 7) is 4.31. The van der Waals surface area contributed by atoms with Gasteiger partial charge in [-0.1, -0.05) is 26.0 Å². The Morgan fingerprint density at radius 2 is 1.67 bits per heavy atom. The summed E-state index contributed by atoms with van der Waals surface area (Å²) in [5.41, 5.74) is 5.29. The number of nitrogens with one attached hydrogen (secondary N) is 1. The van der Waals surface area contributed by atoms with Crippen molar-refractivity contribution in [3.63, 3.8) is 0 Å². The Labute approximate surface area is 92.2 Å². The topological polar surface area (TPSA) is 41.3 Å². The number of hydrogen-bond acceptors (Lipinski definition) is 3. The molecule has 1 aromatic carbocycles. The molecule has 0 aliphatic carbocycles. The monoisotopic (exact) mass is 207 g/mol. The van der Waals surface area contributed by atoms with Crippen LogP contribution >= 0.6 is 0 Å². The van der Waals surface area contributed by atoms with E-state index in [2.05, 4.69) is 48.4 Å². The van der Waals surface area contributed by atoms with Crippen LogP contribution in [0.2, 0.25) is 0 Å². The third-order valence-electron chi connectivity index (χ3n) is 2.61. The second-order valence-corrected chi connectivity index (χ2v) is 4.37. The Kier molecular flexibility index (Phi) is 4.12. The lowest BCUT2D eigenvalue weighted by molar-refractivity contribution is 0.421. The molecule has 0 aliphatic heterocycles. The van der Waals surface area contributed by atoms with E-state index in [-0.39, 0.29) is 6.04 Å². The van der Waals surface area contributed by atoms with E-state index in [4.69, 9.17) is 5.84 Å². The Balaban J connectivity index is 2.87. The van der Waals surface area contributed by atoms with E-state index in [1.807, 2.05) is 14.1 Å². The third kappa shape index (κ3) is 2.94. The van der Waals surface area contributed by atoms with Crippen molar-refractivity contribution in [3.8, 4) is 0 Å². The number of hydrazine groups is 1. The van der Waals surface area contributed by atoms with Gasteiger partial charge < -0.3 is 4.90 Å². The number of rotatable bonds is 4. The first kappa shape index (κ1) is 12.0. The van der Waals surface area contributed by atoms with Crippen LogP contribution in [0.25, 0.3) is 0 Å². The number of anilines is 1. The second kappa shape index (κ2) is 5.14. The fourth-order valence-corrected chi connectivity index (χ4v) is 1.65. The van der Waals surface area contributed by atoms with Crippen LogP contribution in [0.1, 0.15) is 25.5 Å². The van der Waals surface area contributed by atoms with Crippen LogP contribution < -0.4 is 16.2 Å². The summed E-state index contributed by atoms with van der Waals surface area (Å²) in [5, 5.41) is 0. The smallest absolute Gasteiger partial charge is 0.0482 e. The predicted molar refractivity (Wildman–Crippen MR) is 65.7 cm³/mol. The van der Waals surface area contributed by atoms with E-state index in [1.54, 1.807) is 0 Å². The Bertz CT molecular complexity index is 290. The zero-order valence-electron chi connectivity index (χ0n) is 9.99. The van der Waals surface area contributed by atoms with Gasteiger partial charge in [0.15, 0.2) is 0 Å². The molecule has 0 radical (unpaired) electrons. The highest BCUT2D eigenvalue weighted by atomic mass is 15.2. The Morgan fingerprint density at radius 3 is 2.00 bits per heavy atom. The lowest BCUT2D eigenvalue weighted by Crippen LogP contribution is -2.31. The first-order chi connectivity index (χ1) is 7.06. The van der Waals surface area contributed by atoms with Crippen LogP contribution in [0.4, 0.5) is 5.69 Å². The fourth-order valence-electron chi connectivity index (χ4n) is 1.65. The molecule has 1 unspecified atom stereocenters. The molecule has 0 aliphatic rings. The lowest BCUT2D eigenvalue weighted by Gasteiger charge is -2.21. The second-order valence-electron chi connectivity index (χ2n) is 4.37. The fraction of sp³-hybridized carbons (Fsp3) is 0.500. The normalized spacial score (nSPS) is 12.9. The molecule has 3 N–H and O–H groups in total. The van der Waals surface area contributed by atoms with Crippen molar-refractivity contribution in [1.29, 1.82) is 0 Å². The standard InChI is InChI=1S/C12H21N3/c1-9(2)12(14-13)10-5-7-11(8-6-10)15(3)4/h5-9,12,14H,13H2,1-4H3. The minimum Gasteiger partial charge on any atom is -0.378 e. The van der Waals surface area contributed by atoms with Gasteiger partial charge in [-0.3, -0.25) is 11.3 Å². The molecule has 15 heavy (non-hydrogen) atoms. The molecule has 0 saturated heterocycles. The molecule has 1 atom stereocenters. The summed E-state index contributed by atoms with van der Waals surface area (Å²) in [4.78, 5) is 2.09. The maximum Gasteiger partial charge on any atom is 0.0482 e. The van der Waals surface area contributed by atoms with E-state index in [0.29, 0.717) is 5.92 Å². The van der Waals surface area contributed by atoms with Gasteiger partial charge in [-0.2, -0.15) is 0 Å². The van der Waals surface area contributed by atoms with Crippen molar-refractivity contribution in [2.24, 2.45) is 11.8 Å². The van der Waals surface area contributed by atoms with Crippen LogP contribution in [-0.4, -0.2) is 14.1 Å². The minimum atomic E-state index is 0.223. The zero-order chi connectivity index (χ0) is 11.4. The highest BCUT2D eigenvalue weighted by Crippen LogP contribution is 2.22. The van der Waals surface area contributed by atoms with Gasteiger partial charge in [0.05, 0.1) is 0 Å². The van der Waals surface area contributed by atoms with Crippen molar-refractivity contribution < 1.29 is 0 Å². The predicted octanol–water partition coefficient (Wildman–Crippen LogP) is 1.91. The van der Waals surface area contributed by atoms with Crippen molar-refractivity contribution in [3.05, 3.63) is 29.8 Å². The highest BCUT2D eigenvalue weighted by molar-refractivity contribution is 5.46. The molecule has 3 nitrogen and oxygen atoms in total. The van der Waals surface area contributed by atoms with E-state index >= 15 is 0 Å². The van der Waals surface area contributed by atoms with E-state index < -0.39 is 0 Å². The van der Waals surface area contributed by atoms with Crippen LogP contribution in [-0.2, 0) is 0 Å². The molecular weight excluding hydrogens is 186 g/mol. The Morgan fingerprint density at radius 1 is 1.13 bits per heavy atom. The molecule has 84 valence electrons. The number of nitrogens with zero attached hydrogens (tertiary/aromatic N) is 1.